The molecule has 5 heteroatoms. The molecule has 0 atom stereocenters. The number of nitrogens with zero attached hydrogens (tertiary/aromatic N) is 3. The fraction of sp³-hybridized carbons (Fsp3) is 0.450. The number of carbonyl (C=O) groups excluding carboxylic acids is 1. The van der Waals surface area contributed by atoms with Gasteiger partial charge in [-0.25, -0.2) is 9.97 Å². The molecule has 0 aliphatic carbocycles. The highest BCUT2D eigenvalue weighted by atomic mass is 16.1. The molecule has 5 nitrogen and oxygen atoms in total. The average Bonchev–Trinajstić information content (AvgIpc) is 2.59. The van der Waals surface area contributed by atoms with Gasteiger partial charge in [-0.2, -0.15) is 0 Å². The van der Waals surface area contributed by atoms with Crippen molar-refractivity contribution in [2.45, 2.75) is 46.6 Å². The molecule has 2 aromatic rings. The normalized spacial score (nSPS) is 15.3. The Balaban J connectivity index is 1.63. The standard InChI is InChI=1S/C20H26N4O/c1-13-7-5-6-8-18(13)20(25)23-17-9-11-24(12-10-17)19-14(2)15(3)21-16(4)22-19/h5-8,17H,9-12H2,1-4H3,(H,23,25). The summed E-state index contributed by atoms with van der Waals surface area (Å²) in [5.41, 5.74) is 3.97. The van der Waals surface area contributed by atoms with Crippen molar-refractivity contribution in [1.29, 1.82) is 0 Å². The molecule has 1 aliphatic rings. The molecular weight excluding hydrogens is 312 g/mol. The Bertz CT molecular complexity index is 779. The van der Waals surface area contributed by atoms with E-state index in [9.17, 15) is 4.79 Å². The molecule has 1 amide bonds. The lowest BCUT2D eigenvalue weighted by Gasteiger charge is -2.34. The molecule has 0 bridgehead atoms. The van der Waals surface area contributed by atoms with E-state index in [1.54, 1.807) is 0 Å². The predicted molar refractivity (Wildman–Crippen MR) is 100 cm³/mol. The molecule has 1 aromatic carbocycles. The summed E-state index contributed by atoms with van der Waals surface area (Å²) in [6.45, 7) is 9.81. The first-order valence-electron chi connectivity index (χ1n) is 8.89. The molecule has 0 unspecified atom stereocenters. The summed E-state index contributed by atoms with van der Waals surface area (Å²) < 4.78 is 0. The van der Waals surface area contributed by atoms with Gasteiger partial charge in [0.05, 0.1) is 0 Å². The van der Waals surface area contributed by atoms with E-state index < -0.39 is 0 Å². The van der Waals surface area contributed by atoms with Crippen LogP contribution < -0.4 is 10.2 Å². The summed E-state index contributed by atoms with van der Waals surface area (Å²) in [7, 11) is 0. The van der Waals surface area contributed by atoms with Crippen LogP contribution in [0.2, 0.25) is 0 Å². The van der Waals surface area contributed by atoms with Crippen LogP contribution in [0.1, 0.15) is 45.8 Å². The first-order valence-corrected chi connectivity index (χ1v) is 8.89. The summed E-state index contributed by atoms with van der Waals surface area (Å²) in [6.07, 6.45) is 1.86. The van der Waals surface area contributed by atoms with Gasteiger partial charge in [-0.15, -0.1) is 0 Å². The quantitative estimate of drug-likeness (QED) is 0.934. The molecule has 0 radical (unpaired) electrons. The fourth-order valence-corrected chi connectivity index (χ4v) is 3.38. The zero-order valence-corrected chi connectivity index (χ0v) is 15.5. The van der Waals surface area contributed by atoms with Gasteiger partial charge in [-0.1, -0.05) is 18.2 Å². The maximum atomic E-state index is 12.5. The van der Waals surface area contributed by atoms with Crippen molar-refractivity contribution in [2.75, 3.05) is 18.0 Å². The highest BCUT2D eigenvalue weighted by Crippen LogP contribution is 2.23. The molecule has 2 heterocycles. The smallest absolute Gasteiger partial charge is 0.251 e. The van der Waals surface area contributed by atoms with Crippen LogP contribution in [0.5, 0.6) is 0 Å². The molecule has 0 saturated carbocycles. The number of piperidine rings is 1. The zero-order valence-electron chi connectivity index (χ0n) is 15.5. The Morgan fingerprint density at radius 2 is 1.76 bits per heavy atom. The van der Waals surface area contributed by atoms with Gasteiger partial charge in [0.25, 0.3) is 5.91 Å². The van der Waals surface area contributed by atoms with E-state index in [0.29, 0.717) is 0 Å². The van der Waals surface area contributed by atoms with Gasteiger partial charge >= 0.3 is 0 Å². The van der Waals surface area contributed by atoms with Crippen LogP contribution in [0.3, 0.4) is 0 Å². The van der Waals surface area contributed by atoms with Gasteiger partial charge in [0.15, 0.2) is 0 Å². The fourth-order valence-electron chi connectivity index (χ4n) is 3.38. The van der Waals surface area contributed by atoms with Gasteiger partial charge < -0.3 is 10.2 Å². The third-order valence-electron chi connectivity index (χ3n) is 4.99. The Hall–Kier alpha value is -2.43. The Kier molecular flexibility index (Phi) is 5.02. The van der Waals surface area contributed by atoms with Crippen LogP contribution in [-0.2, 0) is 0 Å². The third kappa shape index (κ3) is 3.81. The van der Waals surface area contributed by atoms with Crippen molar-refractivity contribution in [3.05, 3.63) is 52.5 Å². The van der Waals surface area contributed by atoms with Crippen LogP contribution in [0.25, 0.3) is 0 Å². The van der Waals surface area contributed by atoms with Gasteiger partial charge in [-0.05, 0) is 52.2 Å². The van der Waals surface area contributed by atoms with Crippen LogP contribution in [0.4, 0.5) is 5.82 Å². The third-order valence-corrected chi connectivity index (χ3v) is 4.99. The Morgan fingerprint density at radius 1 is 1.08 bits per heavy atom. The first kappa shape index (κ1) is 17.4. The van der Waals surface area contributed by atoms with Crippen molar-refractivity contribution in [3.8, 4) is 0 Å². The lowest BCUT2D eigenvalue weighted by Crippen LogP contribution is -2.45. The second-order valence-corrected chi connectivity index (χ2v) is 6.85. The number of hydrogen-bond donors (Lipinski definition) is 1. The van der Waals surface area contributed by atoms with Crippen molar-refractivity contribution >= 4 is 11.7 Å². The van der Waals surface area contributed by atoms with Crippen molar-refractivity contribution in [2.24, 2.45) is 0 Å². The van der Waals surface area contributed by atoms with Crippen molar-refractivity contribution in [3.63, 3.8) is 0 Å². The highest BCUT2D eigenvalue weighted by Gasteiger charge is 2.24. The average molecular weight is 338 g/mol. The SMILES string of the molecule is Cc1nc(C)c(C)c(N2CCC(NC(=O)c3ccccc3C)CC2)n1. The summed E-state index contributed by atoms with van der Waals surface area (Å²) in [5, 5.41) is 3.19. The van der Waals surface area contributed by atoms with Crippen LogP contribution in [0.15, 0.2) is 24.3 Å². The minimum absolute atomic E-state index is 0.0291. The van der Waals surface area contributed by atoms with Gasteiger partial charge in [-0.3, -0.25) is 4.79 Å². The molecule has 132 valence electrons. The number of amides is 1. The maximum Gasteiger partial charge on any atom is 0.251 e. The highest BCUT2D eigenvalue weighted by molar-refractivity contribution is 5.95. The number of rotatable bonds is 3. The van der Waals surface area contributed by atoms with E-state index in [1.807, 2.05) is 45.0 Å². The first-order chi connectivity index (χ1) is 12.0. The summed E-state index contributed by atoms with van der Waals surface area (Å²) in [6, 6.07) is 7.94. The zero-order chi connectivity index (χ0) is 18.0. The molecule has 1 aliphatic heterocycles. The molecule has 1 saturated heterocycles. The summed E-state index contributed by atoms with van der Waals surface area (Å²) >= 11 is 0. The van der Waals surface area contributed by atoms with E-state index >= 15 is 0 Å². The lowest BCUT2D eigenvalue weighted by atomic mass is 10.0. The van der Waals surface area contributed by atoms with Gasteiger partial charge in [0, 0.05) is 36.0 Å². The van der Waals surface area contributed by atoms with Gasteiger partial charge in [0.1, 0.15) is 11.6 Å². The maximum absolute atomic E-state index is 12.5. The number of aryl methyl sites for hydroxylation is 3. The second-order valence-electron chi connectivity index (χ2n) is 6.85. The van der Waals surface area contributed by atoms with E-state index in [1.165, 1.54) is 0 Å². The molecular formula is C20H26N4O. The predicted octanol–water partition coefficient (Wildman–Crippen LogP) is 3.11. The number of anilines is 1. The number of aromatic nitrogens is 2. The van der Waals surface area contributed by atoms with E-state index in [2.05, 4.69) is 27.1 Å². The largest absolute Gasteiger partial charge is 0.356 e. The molecule has 25 heavy (non-hydrogen) atoms. The van der Waals surface area contributed by atoms with E-state index in [0.717, 1.165) is 60.0 Å². The minimum atomic E-state index is 0.0291. The van der Waals surface area contributed by atoms with Crippen LogP contribution in [0, 0.1) is 27.7 Å². The van der Waals surface area contributed by atoms with E-state index in [-0.39, 0.29) is 11.9 Å². The molecule has 1 fully saturated rings. The number of nitrogens with one attached hydrogen (secondary N) is 1. The monoisotopic (exact) mass is 338 g/mol. The lowest BCUT2D eigenvalue weighted by molar-refractivity contribution is 0.0930. The second kappa shape index (κ2) is 7.21. The number of benzene rings is 1. The number of carbonyl (C=O) groups is 1. The summed E-state index contributed by atoms with van der Waals surface area (Å²) in [4.78, 5) is 23.9. The molecule has 1 aromatic heterocycles. The van der Waals surface area contributed by atoms with Crippen LogP contribution in [-0.4, -0.2) is 35.0 Å². The number of hydrogen-bond acceptors (Lipinski definition) is 4. The van der Waals surface area contributed by atoms with Crippen molar-refractivity contribution in [1.82, 2.24) is 15.3 Å². The summed E-state index contributed by atoms with van der Waals surface area (Å²) in [5.74, 6) is 1.88. The topological polar surface area (TPSA) is 58.1 Å². The van der Waals surface area contributed by atoms with Crippen molar-refractivity contribution < 1.29 is 4.79 Å². The van der Waals surface area contributed by atoms with Gasteiger partial charge in [0.2, 0.25) is 0 Å². The molecule has 0 spiro atoms. The Morgan fingerprint density at radius 3 is 2.44 bits per heavy atom. The van der Waals surface area contributed by atoms with Crippen LogP contribution >= 0.6 is 0 Å². The van der Waals surface area contributed by atoms with E-state index in [4.69, 9.17) is 0 Å². The Labute approximate surface area is 149 Å². The minimum Gasteiger partial charge on any atom is -0.356 e. The molecule has 3 rings (SSSR count). The molecule has 1 N–H and O–H groups in total.